The molecule has 1 heterocycles. The molecule has 0 atom stereocenters. The van der Waals surface area contributed by atoms with Crippen LogP contribution in [0.1, 0.15) is 0 Å². The second-order valence-corrected chi connectivity index (χ2v) is 4.69. The fourth-order valence-electron chi connectivity index (χ4n) is 1.88. The number of fused-ring (bicyclic) bond motifs is 1. The van der Waals surface area contributed by atoms with E-state index < -0.39 is 10.7 Å². The average molecular weight is 308 g/mol. The summed E-state index contributed by atoms with van der Waals surface area (Å²) in [4.78, 5) is 14.4. The summed E-state index contributed by atoms with van der Waals surface area (Å²) in [6, 6.07) is 6.60. The molecular formula is C13H7ClFN3O3. The minimum absolute atomic E-state index is 0.0361. The van der Waals surface area contributed by atoms with E-state index in [-0.39, 0.29) is 27.9 Å². The van der Waals surface area contributed by atoms with Crippen molar-refractivity contribution in [3.8, 4) is 11.5 Å². The van der Waals surface area contributed by atoms with E-state index in [2.05, 4.69) is 4.98 Å². The third kappa shape index (κ3) is 2.27. The van der Waals surface area contributed by atoms with Crippen molar-refractivity contribution in [1.29, 1.82) is 0 Å². The van der Waals surface area contributed by atoms with Gasteiger partial charge in [-0.3, -0.25) is 10.1 Å². The van der Waals surface area contributed by atoms with Gasteiger partial charge in [0.25, 0.3) is 5.69 Å². The largest absolute Gasteiger partial charge is 0.436 e. The molecule has 6 nitrogen and oxygen atoms in total. The first kappa shape index (κ1) is 13.3. The van der Waals surface area contributed by atoms with Gasteiger partial charge < -0.3 is 10.2 Å². The van der Waals surface area contributed by atoms with Crippen LogP contribution in [0.25, 0.3) is 22.6 Å². The number of aromatic nitrogens is 1. The summed E-state index contributed by atoms with van der Waals surface area (Å²) in [5.41, 5.74) is 6.23. The highest BCUT2D eigenvalue weighted by Gasteiger charge is 2.16. The van der Waals surface area contributed by atoms with Gasteiger partial charge >= 0.3 is 0 Å². The Balaban J connectivity index is 2.16. The number of nitrogens with zero attached hydrogens (tertiary/aromatic N) is 2. The summed E-state index contributed by atoms with van der Waals surface area (Å²) < 4.78 is 18.7. The normalized spacial score (nSPS) is 11.0. The van der Waals surface area contributed by atoms with Crippen molar-refractivity contribution >= 4 is 34.1 Å². The molecule has 0 aliphatic rings. The molecule has 0 aliphatic heterocycles. The van der Waals surface area contributed by atoms with Crippen LogP contribution in [0.2, 0.25) is 5.02 Å². The van der Waals surface area contributed by atoms with Crippen molar-refractivity contribution in [1.82, 2.24) is 4.98 Å². The van der Waals surface area contributed by atoms with Crippen LogP contribution in [-0.4, -0.2) is 9.91 Å². The van der Waals surface area contributed by atoms with Crippen molar-refractivity contribution in [2.24, 2.45) is 0 Å². The summed E-state index contributed by atoms with van der Waals surface area (Å²) in [6.07, 6.45) is 0. The van der Waals surface area contributed by atoms with E-state index in [1.165, 1.54) is 24.3 Å². The van der Waals surface area contributed by atoms with Gasteiger partial charge in [-0.1, -0.05) is 11.6 Å². The molecule has 0 saturated carbocycles. The van der Waals surface area contributed by atoms with Crippen LogP contribution in [0.4, 0.5) is 15.8 Å². The molecule has 0 fully saturated rings. The number of halogens is 2. The molecule has 8 heteroatoms. The third-order valence-corrected chi connectivity index (χ3v) is 3.19. The molecular weight excluding hydrogens is 301 g/mol. The summed E-state index contributed by atoms with van der Waals surface area (Å²) in [6.45, 7) is 0. The Labute approximate surface area is 122 Å². The molecule has 3 rings (SSSR count). The van der Waals surface area contributed by atoms with E-state index in [9.17, 15) is 14.5 Å². The third-order valence-electron chi connectivity index (χ3n) is 2.90. The standard InChI is InChI=1S/C13H7ClFN3O3/c14-7-4-10-12(5-8(7)15)21-13(17-10)6-1-2-9(16)11(3-6)18(19)20/h1-5H,16H2. The Morgan fingerprint density at radius 2 is 2.10 bits per heavy atom. The molecule has 106 valence electrons. The summed E-state index contributed by atoms with van der Waals surface area (Å²) >= 11 is 5.67. The number of nitro groups is 1. The first-order chi connectivity index (χ1) is 9.95. The zero-order chi connectivity index (χ0) is 15.1. The van der Waals surface area contributed by atoms with Gasteiger partial charge in [0.15, 0.2) is 5.58 Å². The first-order valence-electron chi connectivity index (χ1n) is 5.75. The minimum Gasteiger partial charge on any atom is -0.436 e. The molecule has 2 N–H and O–H groups in total. The zero-order valence-corrected chi connectivity index (χ0v) is 11.1. The fourth-order valence-corrected chi connectivity index (χ4v) is 2.04. The molecule has 0 aliphatic carbocycles. The molecule has 3 aromatic rings. The van der Waals surface area contributed by atoms with Crippen molar-refractivity contribution in [2.75, 3.05) is 5.73 Å². The molecule has 0 spiro atoms. The molecule has 0 radical (unpaired) electrons. The average Bonchev–Trinajstić information content (AvgIpc) is 2.82. The van der Waals surface area contributed by atoms with Gasteiger partial charge in [-0.2, -0.15) is 0 Å². The number of hydrogen-bond donors (Lipinski definition) is 1. The topological polar surface area (TPSA) is 95.2 Å². The van der Waals surface area contributed by atoms with Crippen LogP contribution in [-0.2, 0) is 0 Å². The van der Waals surface area contributed by atoms with Crippen molar-refractivity contribution < 1.29 is 13.7 Å². The van der Waals surface area contributed by atoms with Crippen molar-refractivity contribution in [3.63, 3.8) is 0 Å². The van der Waals surface area contributed by atoms with Crippen LogP contribution in [0.3, 0.4) is 0 Å². The molecule has 2 aromatic carbocycles. The Kier molecular flexibility index (Phi) is 2.99. The predicted molar refractivity (Wildman–Crippen MR) is 75.5 cm³/mol. The zero-order valence-electron chi connectivity index (χ0n) is 10.3. The minimum atomic E-state index is -0.629. The smallest absolute Gasteiger partial charge is 0.292 e. The number of nitrogen functional groups attached to an aromatic ring is 1. The van der Waals surface area contributed by atoms with Crippen LogP contribution in [0.5, 0.6) is 0 Å². The van der Waals surface area contributed by atoms with E-state index in [0.29, 0.717) is 11.1 Å². The first-order valence-corrected chi connectivity index (χ1v) is 6.13. The van der Waals surface area contributed by atoms with E-state index >= 15 is 0 Å². The van der Waals surface area contributed by atoms with Crippen LogP contribution >= 0.6 is 11.6 Å². The number of rotatable bonds is 2. The summed E-state index contributed by atoms with van der Waals surface area (Å²) in [7, 11) is 0. The Morgan fingerprint density at radius 3 is 2.81 bits per heavy atom. The lowest BCUT2D eigenvalue weighted by molar-refractivity contribution is -0.383. The molecule has 0 unspecified atom stereocenters. The highest BCUT2D eigenvalue weighted by atomic mass is 35.5. The number of oxazole rings is 1. The van der Waals surface area contributed by atoms with Gasteiger partial charge in [0.1, 0.15) is 17.0 Å². The molecule has 1 aromatic heterocycles. The maximum Gasteiger partial charge on any atom is 0.292 e. The number of nitro benzene ring substituents is 1. The van der Waals surface area contributed by atoms with Crippen molar-refractivity contribution in [3.05, 3.63) is 51.3 Å². The van der Waals surface area contributed by atoms with Crippen LogP contribution < -0.4 is 5.73 Å². The predicted octanol–water partition coefficient (Wildman–Crippen LogP) is 3.78. The maximum atomic E-state index is 13.4. The lowest BCUT2D eigenvalue weighted by Gasteiger charge is -1.99. The molecule has 0 saturated heterocycles. The van der Waals surface area contributed by atoms with E-state index in [4.69, 9.17) is 21.8 Å². The summed E-state index contributed by atoms with van der Waals surface area (Å²) in [5, 5.41) is 10.8. The van der Waals surface area contributed by atoms with Crippen LogP contribution in [0.15, 0.2) is 34.7 Å². The number of anilines is 1. The Morgan fingerprint density at radius 1 is 1.33 bits per heavy atom. The highest BCUT2D eigenvalue weighted by molar-refractivity contribution is 6.31. The lowest BCUT2D eigenvalue weighted by atomic mass is 10.2. The Bertz CT molecular complexity index is 839. The molecule has 21 heavy (non-hydrogen) atoms. The van der Waals surface area contributed by atoms with E-state index in [1.807, 2.05) is 0 Å². The Hall–Kier alpha value is -2.67. The second-order valence-electron chi connectivity index (χ2n) is 4.28. The van der Waals surface area contributed by atoms with E-state index in [0.717, 1.165) is 6.07 Å². The number of nitrogens with two attached hydrogens (primary N) is 1. The highest BCUT2D eigenvalue weighted by Crippen LogP contribution is 2.31. The summed E-state index contributed by atoms with van der Waals surface area (Å²) in [5.74, 6) is -0.509. The second kappa shape index (κ2) is 4.71. The van der Waals surface area contributed by atoms with Crippen LogP contribution in [0, 0.1) is 15.9 Å². The van der Waals surface area contributed by atoms with Gasteiger partial charge in [-0.25, -0.2) is 9.37 Å². The fraction of sp³-hybridized carbons (Fsp3) is 0. The maximum absolute atomic E-state index is 13.4. The quantitative estimate of drug-likeness (QED) is 0.441. The number of hydrogen-bond acceptors (Lipinski definition) is 5. The monoisotopic (exact) mass is 307 g/mol. The van der Waals surface area contributed by atoms with Gasteiger partial charge in [0.05, 0.1) is 9.95 Å². The lowest BCUT2D eigenvalue weighted by Crippen LogP contribution is -1.95. The van der Waals surface area contributed by atoms with Crippen molar-refractivity contribution in [2.45, 2.75) is 0 Å². The molecule has 0 amide bonds. The van der Waals surface area contributed by atoms with Gasteiger partial charge in [-0.15, -0.1) is 0 Å². The van der Waals surface area contributed by atoms with Gasteiger partial charge in [-0.05, 0) is 18.2 Å². The van der Waals surface area contributed by atoms with Gasteiger partial charge in [0.2, 0.25) is 5.89 Å². The SMILES string of the molecule is Nc1ccc(-c2nc3cc(Cl)c(F)cc3o2)cc1[N+](=O)[O-]. The number of benzene rings is 2. The van der Waals surface area contributed by atoms with Gasteiger partial charge in [0, 0.05) is 17.7 Å². The molecule has 0 bridgehead atoms. The van der Waals surface area contributed by atoms with E-state index in [1.54, 1.807) is 0 Å².